The molecule has 0 bridgehead atoms. The van der Waals surface area contributed by atoms with Gasteiger partial charge in [0.25, 0.3) is 11.7 Å². The van der Waals surface area contributed by atoms with Crippen LogP contribution in [-0.2, 0) is 4.79 Å². The van der Waals surface area contributed by atoms with E-state index in [0.717, 1.165) is 0 Å². The molecule has 0 aromatic heterocycles. The minimum absolute atomic E-state index is 0.334. The Bertz CT molecular complexity index is 428. The highest BCUT2D eigenvalue weighted by molar-refractivity contribution is 6.55. The molecule has 1 aliphatic rings. The number of amides is 1. The first kappa shape index (κ1) is 9.21. The number of hydrogen-bond acceptors (Lipinski definition) is 2. The van der Waals surface area contributed by atoms with Gasteiger partial charge >= 0.3 is 0 Å². The average Bonchev–Trinajstić information content (AvgIpc) is 2.41. The number of likely N-dealkylation sites (N-methyl/N-ethyl adjacent to an activating group) is 1. The Morgan fingerprint density at radius 2 is 2.07 bits per heavy atom. The zero-order valence-corrected chi connectivity index (χ0v) is 8.34. The molecule has 0 atom stereocenters. The molecule has 0 fully saturated rings. The van der Waals surface area contributed by atoms with Crippen molar-refractivity contribution < 1.29 is 9.59 Å². The van der Waals surface area contributed by atoms with Crippen molar-refractivity contribution in [2.45, 2.75) is 6.92 Å². The van der Waals surface area contributed by atoms with E-state index in [9.17, 15) is 9.59 Å². The maximum Gasteiger partial charge on any atom is 0.299 e. The predicted molar refractivity (Wildman–Crippen MR) is 53.8 cm³/mol. The number of rotatable bonds is 1. The molecule has 14 heavy (non-hydrogen) atoms. The molecule has 1 amide bonds. The van der Waals surface area contributed by atoms with Crippen LogP contribution in [0.3, 0.4) is 0 Å². The maximum atomic E-state index is 11.5. The number of nitrogens with zero attached hydrogens (tertiary/aromatic N) is 1. The molecule has 1 aromatic carbocycles. The zero-order chi connectivity index (χ0) is 10.3. The summed E-state index contributed by atoms with van der Waals surface area (Å²) in [6.07, 6.45) is 0. The zero-order valence-electron chi connectivity index (χ0n) is 7.58. The summed E-state index contributed by atoms with van der Waals surface area (Å²) in [5.41, 5.74) is 0.955. The number of anilines is 1. The number of carbonyl (C=O) groups excluding carboxylic acids is 2. The molecule has 0 spiro atoms. The molecule has 4 heteroatoms. The van der Waals surface area contributed by atoms with Gasteiger partial charge in [-0.3, -0.25) is 9.59 Å². The fraction of sp³-hybridized carbons (Fsp3) is 0.200. The minimum atomic E-state index is -0.507. The van der Waals surface area contributed by atoms with Gasteiger partial charge in [-0.2, -0.15) is 0 Å². The lowest BCUT2D eigenvalue weighted by molar-refractivity contribution is -0.114. The van der Waals surface area contributed by atoms with Crippen LogP contribution in [0.15, 0.2) is 18.2 Å². The van der Waals surface area contributed by atoms with Gasteiger partial charge < -0.3 is 4.90 Å². The Balaban J connectivity index is 2.67. The summed E-state index contributed by atoms with van der Waals surface area (Å²) in [5, 5.41) is 0.344. The fourth-order valence-corrected chi connectivity index (χ4v) is 1.87. The Morgan fingerprint density at radius 3 is 2.71 bits per heavy atom. The molecule has 0 radical (unpaired) electrons. The summed E-state index contributed by atoms with van der Waals surface area (Å²) >= 11 is 5.85. The van der Waals surface area contributed by atoms with E-state index in [1.54, 1.807) is 18.2 Å². The van der Waals surface area contributed by atoms with Gasteiger partial charge in [-0.15, -0.1) is 0 Å². The summed E-state index contributed by atoms with van der Waals surface area (Å²) in [5.74, 6) is -0.997. The SMILES string of the molecule is CCN1C(=O)C(=O)c2c(Cl)cccc21. The standard InChI is InChI=1S/C10H8ClNO2/c1-2-12-7-5-3-4-6(11)8(7)9(13)10(12)14/h3-5H,2H2,1H3. The van der Waals surface area contributed by atoms with Crippen molar-refractivity contribution in [3.63, 3.8) is 0 Å². The van der Waals surface area contributed by atoms with Crippen LogP contribution in [0.1, 0.15) is 17.3 Å². The number of halogens is 1. The number of ketones is 1. The number of fused-ring (bicyclic) bond motifs is 1. The smallest absolute Gasteiger partial charge is 0.299 e. The fourth-order valence-electron chi connectivity index (χ4n) is 1.62. The van der Waals surface area contributed by atoms with Crippen LogP contribution in [0.2, 0.25) is 5.02 Å². The molecule has 2 rings (SSSR count). The van der Waals surface area contributed by atoms with E-state index in [1.165, 1.54) is 4.90 Å². The first-order valence-electron chi connectivity index (χ1n) is 4.31. The van der Waals surface area contributed by atoms with Crippen molar-refractivity contribution in [2.75, 3.05) is 11.4 Å². The van der Waals surface area contributed by atoms with Crippen LogP contribution in [0.25, 0.3) is 0 Å². The van der Waals surface area contributed by atoms with E-state index >= 15 is 0 Å². The molecule has 1 heterocycles. The monoisotopic (exact) mass is 209 g/mol. The van der Waals surface area contributed by atoms with Gasteiger partial charge in [0.05, 0.1) is 16.3 Å². The highest BCUT2D eigenvalue weighted by Crippen LogP contribution is 2.33. The van der Waals surface area contributed by atoms with Crippen LogP contribution in [0, 0.1) is 0 Å². The first-order valence-corrected chi connectivity index (χ1v) is 4.69. The summed E-state index contributed by atoms with van der Waals surface area (Å²) in [6.45, 7) is 2.30. The quantitative estimate of drug-likeness (QED) is 0.663. The Hall–Kier alpha value is -1.35. The van der Waals surface area contributed by atoms with Crippen molar-refractivity contribution in [2.24, 2.45) is 0 Å². The summed E-state index contributed by atoms with van der Waals surface area (Å²) in [4.78, 5) is 24.4. The summed E-state index contributed by atoms with van der Waals surface area (Å²) < 4.78 is 0. The van der Waals surface area contributed by atoms with E-state index in [2.05, 4.69) is 0 Å². The molecule has 3 nitrogen and oxygen atoms in total. The lowest BCUT2D eigenvalue weighted by atomic mass is 10.1. The molecular weight excluding hydrogens is 202 g/mol. The van der Waals surface area contributed by atoms with Gasteiger partial charge in [-0.25, -0.2) is 0 Å². The summed E-state index contributed by atoms with van der Waals surface area (Å²) in [7, 11) is 0. The molecule has 0 N–H and O–H groups in total. The summed E-state index contributed by atoms with van der Waals surface area (Å²) in [6, 6.07) is 5.08. The number of hydrogen-bond donors (Lipinski definition) is 0. The van der Waals surface area contributed by atoms with E-state index in [-0.39, 0.29) is 0 Å². The first-order chi connectivity index (χ1) is 6.66. The van der Waals surface area contributed by atoms with Gasteiger partial charge in [0.15, 0.2) is 0 Å². The van der Waals surface area contributed by atoms with E-state index in [0.29, 0.717) is 22.8 Å². The van der Waals surface area contributed by atoms with Crippen molar-refractivity contribution in [1.82, 2.24) is 0 Å². The molecule has 0 aliphatic carbocycles. The van der Waals surface area contributed by atoms with Gasteiger partial charge in [0, 0.05) is 6.54 Å². The second kappa shape index (κ2) is 3.10. The highest BCUT2D eigenvalue weighted by atomic mass is 35.5. The highest BCUT2D eigenvalue weighted by Gasteiger charge is 2.36. The van der Waals surface area contributed by atoms with Gasteiger partial charge in [0.1, 0.15) is 0 Å². The average molecular weight is 210 g/mol. The third-order valence-corrected chi connectivity index (χ3v) is 2.58. The second-order valence-corrected chi connectivity index (χ2v) is 3.42. The van der Waals surface area contributed by atoms with Crippen LogP contribution in [0.4, 0.5) is 5.69 Å². The number of Topliss-reactive ketones (excluding diaryl/α,β-unsaturated/α-hetero) is 1. The molecule has 1 aromatic rings. The maximum absolute atomic E-state index is 11.5. The van der Waals surface area contributed by atoms with E-state index in [4.69, 9.17) is 11.6 Å². The van der Waals surface area contributed by atoms with Gasteiger partial charge in [-0.05, 0) is 19.1 Å². The molecular formula is C10H8ClNO2. The molecule has 0 saturated heterocycles. The van der Waals surface area contributed by atoms with E-state index < -0.39 is 11.7 Å². The van der Waals surface area contributed by atoms with E-state index in [1.807, 2.05) is 6.92 Å². The lowest BCUT2D eigenvalue weighted by Gasteiger charge is -2.12. The largest absolute Gasteiger partial charge is 0.305 e. The van der Waals surface area contributed by atoms with Crippen LogP contribution >= 0.6 is 11.6 Å². The second-order valence-electron chi connectivity index (χ2n) is 3.01. The third-order valence-electron chi connectivity index (χ3n) is 2.27. The Kier molecular flexibility index (Phi) is 2.04. The molecule has 0 unspecified atom stereocenters. The Morgan fingerprint density at radius 1 is 1.36 bits per heavy atom. The van der Waals surface area contributed by atoms with Crippen molar-refractivity contribution in [3.05, 3.63) is 28.8 Å². The molecule has 0 saturated carbocycles. The predicted octanol–water partition coefficient (Wildman–Crippen LogP) is 1.89. The minimum Gasteiger partial charge on any atom is -0.305 e. The third kappa shape index (κ3) is 1.06. The van der Waals surface area contributed by atoms with Gasteiger partial charge in [-0.1, -0.05) is 17.7 Å². The van der Waals surface area contributed by atoms with Crippen LogP contribution in [0.5, 0.6) is 0 Å². The van der Waals surface area contributed by atoms with Gasteiger partial charge in [0.2, 0.25) is 0 Å². The number of carbonyl (C=O) groups is 2. The Labute approximate surface area is 86.3 Å². The van der Waals surface area contributed by atoms with Crippen molar-refractivity contribution in [3.8, 4) is 0 Å². The van der Waals surface area contributed by atoms with Crippen LogP contribution < -0.4 is 4.90 Å². The molecule has 1 aliphatic heterocycles. The van der Waals surface area contributed by atoms with Crippen molar-refractivity contribution >= 4 is 29.0 Å². The number of benzene rings is 1. The molecule has 72 valence electrons. The van der Waals surface area contributed by atoms with Crippen LogP contribution in [-0.4, -0.2) is 18.2 Å². The topological polar surface area (TPSA) is 37.4 Å². The normalized spacial score (nSPS) is 14.9. The van der Waals surface area contributed by atoms with Crippen molar-refractivity contribution in [1.29, 1.82) is 0 Å². The lowest BCUT2D eigenvalue weighted by Crippen LogP contribution is -2.29.